The zero-order valence-electron chi connectivity index (χ0n) is 8.32. The molecule has 1 N–H and O–H groups in total. The van der Waals surface area contributed by atoms with Gasteiger partial charge in [0.1, 0.15) is 0 Å². The average molecular weight is 209 g/mol. The summed E-state index contributed by atoms with van der Waals surface area (Å²) in [5, 5.41) is 9.72. The van der Waals surface area contributed by atoms with Crippen molar-refractivity contribution in [3.63, 3.8) is 0 Å². The van der Waals surface area contributed by atoms with E-state index in [4.69, 9.17) is 9.47 Å². The number of aromatic nitrogens is 1. The van der Waals surface area contributed by atoms with Crippen LogP contribution in [0.4, 0.5) is 0 Å². The van der Waals surface area contributed by atoms with Crippen LogP contribution in [0.15, 0.2) is 6.20 Å². The van der Waals surface area contributed by atoms with Crippen molar-refractivity contribution in [3.05, 3.63) is 17.5 Å². The Morgan fingerprint density at radius 3 is 3.27 bits per heavy atom. The summed E-state index contributed by atoms with van der Waals surface area (Å²) in [5.74, 6) is -0.496. The zero-order valence-corrected chi connectivity index (χ0v) is 8.32. The van der Waals surface area contributed by atoms with Gasteiger partial charge >= 0.3 is 5.97 Å². The highest BCUT2D eigenvalue weighted by molar-refractivity contribution is 5.91. The SMILES string of the molecule is CCOC(=O)c1ncc2c(c1O)OCC2. The minimum absolute atomic E-state index is 0.0856. The number of nitrogens with zero attached hydrogens (tertiary/aromatic N) is 1. The number of aromatic hydroxyl groups is 1. The third kappa shape index (κ3) is 1.60. The Balaban J connectivity index is 2.38. The fourth-order valence-electron chi connectivity index (χ4n) is 1.47. The normalized spacial score (nSPS) is 13.1. The second-order valence-corrected chi connectivity index (χ2v) is 3.13. The number of fused-ring (bicyclic) bond motifs is 1. The molecule has 0 unspecified atom stereocenters. The highest BCUT2D eigenvalue weighted by atomic mass is 16.5. The first kappa shape index (κ1) is 9.76. The van der Waals surface area contributed by atoms with Crippen molar-refractivity contribution >= 4 is 5.97 Å². The van der Waals surface area contributed by atoms with Gasteiger partial charge in [-0.1, -0.05) is 0 Å². The van der Waals surface area contributed by atoms with Crippen LogP contribution in [0.25, 0.3) is 0 Å². The molecule has 5 heteroatoms. The summed E-state index contributed by atoms with van der Waals surface area (Å²) in [6, 6.07) is 0. The van der Waals surface area contributed by atoms with Crippen molar-refractivity contribution in [3.8, 4) is 11.5 Å². The van der Waals surface area contributed by atoms with Gasteiger partial charge < -0.3 is 14.6 Å². The molecule has 2 heterocycles. The van der Waals surface area contributed by atoms with E-state index in [1.54, 1.807) is 6.92 Å². The molecule has 0 fully saturated rings. The molecular weight excluding hydrogens is 198 g/mol. The largest absolute Gasteiger partial charge is 0.503 e. The van der Waals surface area contributed by atoms with Crippen LogP contribution in [-0.4, -0.2) is 29.3 Å². The molecule has 0 radical (unpaired) electrons. The van der Waals surface area contributed by atoms with Crippen molar-refractivity contribution in [2.24, 2.45) is 0 Å². The number of carbonyl (C=O) groups excluding carboxylic acids is 1. The minimum atomic E-state index is -0.631. The first-order valence-corrected chi connectivity index (χ1v) is 4.74. The van der Waals surface area contributed by atoms with E-state index in [2.05, 4.69) is 4.98 Å². The van der Waals surface area contributed by atoms with Crippen LogP contribution in [0.3, 0.4) is 0 Å². The molecule has 80 valence electrons. The second-order valence-electron chi connectivity index (χ2n) is 3.13. The molecule has 0 spiro atoms. The molecule has 0 saturated carbocycles. The lowest BCUT2D eigenvalue weighted by molar-refractivity contribution is 0.0515. The predicted octanol–water partition coefficient (Wildman–Crippen LogP) is 0.899. The molecule has 1 aliphatic rings. The fraction of sp³-hybridized carbons (Fsp3) is 0.400. The van der Waals surface area contributed by atoms with Gasteiger partial charge in [0.05, 0.1) is 13.2 Å². The van der Waals surface area contributed by atoms with Crippen LogP contribution in [0.5, 0.6) is 11.5 Å². The number of carbonyl (C=O) groups is 1. The quantitative estimate of drug-likeness (QED) is 0.733. The number of pyridine rings is 1. The van der Waals surface area contributed by atoms with Crippen LogP contribution in [0.1, 0.15) is 23.0 Å². The van der Waals surface area contributed by atoms with Gasteiger partial charge in [0, 0.05) is 18.2 Å². The van der Waals surface area contributed by atoms with Crippen molar-refractivity contribution in [2.75, 3.05) is 13.2 Å². The lowest BCUT2D eigenvalue weighted by Crippen LogP contribution is -2.07. The Morgan fingerprint density at radius 2 is 2.53 bits per heavy atom. The predicted molar refractivity (Wildman–Crippen MR) is 51.1 cm³/mol. The van der Waals surface area contributed by atoms with Crippen molar-refractivity contribution < 1.29 is 19.4 Å². The second kappa shape index (κ2) is 3.76. The average Bonchev–Trinajstić information content (AvgIpc) is 2.67. The highest BCUT2D eigenvalue weighted by Crippen LogP contribution is 2.36. The summed E-state index contributed by atoms with van der Waals surface area (Å²) in [7, 11) is 0. The van der Waals surface area contributed by atoms with E-state index in [-0.39, 0.29) is 18.1 Å². The van der Waals surface area contributed by atoms with Crippen LogP contribution in [-0.2, 0) is 11.2 Å². The number of ether oxygens (including phenoxy) is 2. The Hall–Kier alpha value is -1.78. The topological polar surface area (TPSA) is 68.7 Å². The van der Waals surface area contributed by atoms with Gasteiger partial charge in [0.15, 0.2) is 17.2 Å². The molecule has 1 aliphatic heterocycles. The maximum Gasteiger partial charge on any atom is 0.360 e. The van der Waals surface area contributed by atoms with Gasteiger partial charge in [-0.3, -0.25) is 0 Å². The van der Waals surface area contributed by atoms with E-state index in [0.29, 0.717) is 18.8 Å². The van der Waals surface area contributed by atoms with Crippen LogP contribution >= 0.6 is 0 Å². The monoisotopic (exact) mass is 209 g/mol. The molecule has 1 aromatic rings. The zero-order chi connectivity index (χ0) is 10.8. The van der Waals surface area contributed by atoms with E-state index in [1.807, 2.05) is 0 Å². The number of hydrogen-bond acceptors (Lipinski definition) is 5. The van der Waals surface area contributed by atoms with Crippen molar-refractivity contribution in [1.29, 1.82) is 0 Å². The molecular formula is C10H11NO4. The number of rotatable bonds is 2. The number of esters is 1. The maximum atomic E-state index is 11.4. The first-order chi connectivity index (χ1) is 7.24. The van der Waals surface area contributed by atoms with Crippen LogP contribution in [0, 0.1) is 0 Å². The van der Waals surface area contributed by atoms with Gasteiger partial charge in [-0.15, -0.1) is 0 Å². The first-order valence-electron chi connectivity index (χ1n) is 4.74. The van der Waals surface area contributed by atoms with E-state index in [0.717, 1.165) is 5.56 Å². The summed E-state index contributed by atoms with van der Waals surface area (Å²) in [4.78, 5) is 15.2. The lowest BCUT2D eigenvalue weighted by Gasteiger charge is -2.06. The molecule has 0 aliphatic carbocycles. The number of hydrogen-bond donors (Lipinski definition) is 1. The smallest absolute Gasteiger partial charge is 0.360 e. The van der Waals surface area contributed by atoms with Crippen LogP contribution in [0.2, 0.25) is 0 Å². The van der Waals surface area contributed by atoms with E-state index < -0.39 is 5.97 Å². The van der Waals surface area contributed by atoms with Crippen molar-refractivity contribution in [1.82, 2.24) is 4.98 Å². The highest BCUT2D eigenvalue weighted by Gasteiger charge is 2.24. The van der Waals surface area contributed by atoms with Crippen LogP contribution < -0.4 is 4.74 Å². The summed E-state index contributed by atoms with van der Waals surface area (Å²) in [5.41, 5.74) is 0.734. The molecule has 0 amide bonds. The maximum absolute atomic E-state index is 11.4. The standard InChI is InChI=1S/C10H11NO4/c1-2-14-10(13)7-8(12)9-6(5-11-7)3-4-15-9/h5,12H,2-4H2,1H3. The molecule has 0 aromatic carbocycles. The van der Waals surface area contributed by atoms with E-state index >= 15 is 0 Å². The summed E-state index contributed by atoms with van der Waals surface area (Å²) >= 11 is 0. The Bertz CT molecular complexity index is 403. The third-order valence-corrected chi connectivity index (χ3v) is 2.17. The fourth-order valence-corrected chi connectivity index (χ4v) is 1.47. The lowest BCUT2D eigenvalue weighted by atomic mass is 10.2. The van der Waals surface area contributed by atoms with Gasteiger partial charge in [0.2, 0.25) is 0 Å². The molecule has 0 bridgehead atoms. The van der Waals surface area contributed by atoms with E-state index in [1.165, 1.54) is 6.20 Å². The third-order valence-electron chi connectivity index (χ3n) is 2.17. The Kier molecular flexibility index (Phi) is 2.45. The Morgan fingerprint density at radius 1 is 1.73 bits per heavy atom. The summed E-state index contributed by atoms with van der Waals surface area (Å²) < 4.78 is 9.95. The van der Waals surface area contributed by atoms with Crippen molar-refractivity contribution in [2.45, 2.75) is 13.3 Å². The molecule has 1 aromatic heterocycles. The summed E-state index contributed by atoms with van der Waals surface area (Å²) in [6.45, 7) is 2.45. The van der Waals surface area contributed by atoms with Gasteiger partial charge in [-0.05, 0) is 6.92 Å². The summed E-state index contributed by atoms with van der Waals surface area (Å²) in [6.07, 6.45) is 2.24. The van der Waals surface area contributed by atoms with E-state index in [9.17, 15) is 9.90 Å². The van der Waals surface area contributed by atoms with Gasteiger partial charge in [-0.25, -0.2) is 9.78 Å². The molecule has 0 atom stereocenters. The molecule has 0 saturated heterocycles. The van der Waals surface area contributed by atoms with Gasteiger partial charge in [0.25, 0.3) is 0 Å². The minimum Gasteiger partial charge on any atom is -0.503 e. The molecule has 15 heavy (non-hydrogen) atoms. The van der Waals surface area contributed by atoms with Gasteiger partial charge in [-0.2, -0.15) is 0 Å². The Labute approximate surface area is 86.7 Å². The molecule has 5 nitrogen and oxygen atoms in total. The molecule has 2 rings (SSSR count).